The number of amides is 1. The van der Waals surface area contributed by atoms with Gasteiger partial charge in [0.15, 0.2) is 0 Å². The number of fused-ring (bicyclic) bond motifs is 2. The van der Waals surface area contributed by atoms with E-state index in [4.69, 9.17) is 4.74 Å². The number of nitrogens with one attached hydrogen (secondary N) is 1. The Bertz CT molecular complexity index is 1520. The third-order valence-electron chi connectivity index (χ3n) is 10.1. The maximum Gasteiger partial charge on any atom is 0.306 e. The highest BCUT2D eigenvalue weighted by atomic mass is 16.5. The second-order valence-corrected chi connectivity index (χ2v) is 14.5. The van der Waals surface area contributed by atoms with Crippen molar-refractivity contribution in [3.63, 3.8) is 0 Å². The van der Waals surface area contributed by atoms with Crippen LogP contribution in [0.2, 0.25) is 0 Å². The standard InChI is InChI=1S/C40H49NO6/c1-40(2,3)33-21-18-27(17-19-28(23-26-11-5-4-6-12-26)29(39(45)46)20-22-38(43)44)24-34(33)41-37(42)25-32-30-13-7-9-15-35(30)47-36-16-10-8-14-31(32)36/h7-10,13-16,18,21,24,26,28-29,32H,4-6,11-12,17,19-20,22-23,25H2,1-3H3,(H,41,42)(H,43,44)(H,45,46)/t28?,29-/m0/s1. The van der Waals surface area contributed by atoms with Crippen molar-refractivity contribution in [2.45, 2.75) is 103 Å². The lowest BCUT2D eigenvalue weighted by atomic mass is 9.75. The first-order valence-corrected chi connectivity index (χ1v) is 17.2. The van der Waals surface area contributed by atoms with Crippen molar-refractivity contribution >= 4 is 23.5 Å². The van der Waals surface area contributed by atoms with E-state index in [-0.39, 0.29) is 42.4 Å². The number of carbonyl (C=O) groups excluding carboxylic acids is 1. The molecule has 0 radical (unpaired) electrons. The smallest absolute Gasteiger partial charge is 0.306 e. The molecule has 2 aliphatic rings. The van der Waals surface area contributed by atoms with Crippen molar-refractivity contribution in [1.82, 2.24) is 0 Å². The van der Waals surface area contributed by atoms with E-state index in [1.807, 2.05) is 48.5 Å². The summed E-state index contributed by atoms with van der Waals surface area (Å²) in [5, 5.41) is 22.7. The Balaban J connectivity index is 1.36. The van der Waals surface area contributed by atoms with Gasteiger partial charge in [-0.2, -0.15) is 0 Å². The summed E-state index contributed by atoms with van der Waals surface area (Å²) >= 11 is 0. The highest BCUT2D eigenvalue weighted by Gasteiger charge is 2.32. The molecule has 5 rings (SSSR count). The molecule has 2 atom stereocenters. The fourth-order valence-electron chi connectivity index (χ4n) is 7.65. The van der Waals surface area contributed by atoms with Gasteiger partial charge in [0.05, 0.1) is 5.92 Å². The number of ether oxygens (including phenoxy) is 1. The molecule has 3 aromatic carbocycles. The highest BCUT2D eigenvalue weighted by molar-refractivity contribution is 5.93. The lowest BCUT2D eigenvalue weighted by Crippen LogP contribution is -2.27. The average Bonchev–Trinajstić information content (AvgIpc) is 3.03. The summed E-state index contributed by atoms with van der Waals surface area (Å²) in [7, 11) is 0. The zero-order valence-corrected chi connectivity index (χ0v) is 28.0. The van der Waals surface area contributed by atoms with Crippen LogP contribution in [0.4, 0.5) is 5.69 Å². The van der Waals surface area contributed by atoms with Crippen LogP contribution in [0.3, 0.4) is 0 Å². The average molecular weight is 640 g/mol. The lowest BCUT2D eigenvalue weighted by Gasteiger charge is -2.30. The first-order valence-electron chi connectivity index (χ1n) is 17.2. The van der Waals surface area contributed by atoms with Crippen LogP contribution < -0.4 is 10.1 Å². The summed E-state index contributed by atoms with van der Waals surface area (Å²) in [4.78, 5) is 37.6. The van der Waals surface area contributed by atoms with Crippen LogP contribution in [0.15, 0.2) is 66.7 Å². The molecule has 1 aliphatic heterocycles. The zero-order chi connectivity index (χ0) is 33.6. The third kappa shape index (κ3) is 8.82. The number of carbonyl (C=O) groups is 3. The van der Waals surface area contributed by atoms with E-state index in [9.17, 15) is 24.6 Å². The van der Waals surface area contributed by atoms with Gasteiger partial charge in [0.25, 0.3) is 0 Å². The quantitative estimate of drug-likeness (QED) is 0.172. The molecule has 47 heavy (non-hydrogen) atoms. The molecule has 1 unspecified atom stereocenters. The van der Waals surface area contributed by atoms with Gasteiger partial charge >= 0.3 is 11.9 Å². The van der Waals surface area contributed by atoms with Crippen molar-refractivity contribution < 1.29 is 29.3 Å². The van der Waals surface area contributed by atoms with Crippen LogP contribution in [0.5, 0.6) is 11.5 Å². The summed E-state index contributed by atoms with van der Waals surface area (Å²) in [6.45, 7) is 6.38. The molecule has 1 heterocycles. The minimum absolute atomic E-state index is 0.0843. The number of aryl methyl sites for hydroxylation is 1. The van der Waals surface area contributed by atoms with Gasteiger partial charge in [-0.3, -0.25) is 14.4 Å². The number of carboxylic acid groups (broad SMARTS) is 2. The molecule has 0 aromatic heterocycles. The van der Waals surface area contributed by atoms with Crippen molar-refractivity contribution in [2.24, 2.45) is 17.8 Å². The lowest BCUT2D eigenvalue weighted by molar-refractivity contribution is -0.145. The van der Waals surface area contributed by atoms with Crippen LogP contribution in [0, 0.1) is 17.8 Å². The largest absolute Gasteiger partial charge is 0.481 e. The Hall–Kier alpha value is -4.13. The Labute approximate surface area is 278 Å². The van der Waals surface area contributed by atoms with Crippen LogP contribution in [-0.4, -0.2) is 28.1 Å². The fraction of sp³-hybridized carbons (Fsp3) is 0.475. The SMILES string of the molecule is CC(C)(C)c1ccc(CCC(CC2CCCCC2)[C@H](CCC(=O)O)C(=O)O)cc1NC(=O)CC1c2ccccc2Oc2ccccc21. The normalized spacial score (nSPS) is 16.3. The van der Waals surface area contributed by atoms with Crippen LogP contribution in [0.1, 0.15) is 113 Å². The molecule has 0 saturated heterocycles. The van der Waals surface area contributed by atoms with Gasteiger partial charge in [0.1, 0.15) is 11.5 Å². The van der Waals surface area contributed by atoms with Crippen LogP contribution >= 0.6 is 0 Å². The minimum atomic E-state index is -0.960. The summed E-state index contributed by atoms with van der Waals surface area (Å²) in [6.07, 6.45) is 8.19. The molecule has 1 aliphatic carbocycles. The fourth-order valence-corrected chi connectivity index (χ4v) is 7.65. The van der Waals surface area contributed by atoms with Gasteiger partial charge in [0, 0.05) is 35.6 Å². The number of hydrogen-bond acceptors (Lipinski definition) is 4. The molecule has 7 heteroatoms. The minimum Gasteiger partial charge on any atom is -0.481 e. The van der Waals surface area contributed by atoms with E-state index < -0.39 is 17.9 Å². The molecule has 0 bridgehead atoms. The van der Waals surface area contributed by atoms with Crippen molar-refractivity contribution in [3.05, 3.63) is 89.0 Å². The molecule has 0 spiro atoms. The van der Waals surface area contributed by atoms with E-state index >= 15 is 0 Å². The molecular weight excluding hydrogens is 590 g/mol. The number of carboxylic acids is 2. The Morgan fingerprint density at radius 1 is 0.872 bits per heavy atom. The summed E-state index contributed by atoms with van der Waals surface area (Å²) in [6, 6.07) is 22.0. The van der Waals surface area contributed by atoms with E-state index in [0.717, 1.165) is 58.7 Å². The first-order chi connectivity index (χ1) is 22.5. The number of anilines is 1. The third-order valence-corrected chi connectivity index (χ3v) is 10.1. The van der Waals surface area contributed by atoms with Gasteiger partial charge in [0.2, 0.25) is 5.91 Å². The maximum absolute atomic E-state index is 13.8. The summed E-state index contributed by atoms with van der Waals surface area (Å²) in [5.74, 6) is -0.859. The van der Waals surface area contributed by atoms with E-state index in [1.54, 1.807) is 0 Å². The second kappa shape index (κ2) is 15.2. The van der Waals surface area contributed by atoms with Gasteiger partial charge in [-0.25, -0.2) is 0 Å². The van der Waals surface area contributed by atoms with Gasteiger partial charge in [-0.15, -0.1) is 0 Å². The first kappa shape index (κ1) is 34.2. The van der Waals surface area contributed by atoms with Crippen molar-refractivity contribution in [1.29, 1.82) is 0 Å². The zero-order valence-electron chi connectivity index (χ0n) is 28.0. The van der Waals surface area contributed by atoms with Gasteiger partial charge in [-0.1, -0.05) is 101 Å². The molecule has 1 fully saturated rings. The maximum atomic E-state index is 13.8. The number of hydrogen-bond donors (Lipinski definition) is 3. The van der Waals surface area contributed by atoms with Crippen LogP contribution in [0.25, 0.3) is 0 Å². The predicted octanol–water partition coefficient (Wildman–Crippen LogP) is 9.34. The van der Waals surface area contributed by atoms with E-state index in [1.165, 1.54) is 19.3 Å². The molecule has 1 amide bonds. The van der Waals surface area contributed by atoms with Crippen molar-refractivity contribution in [2.75, 3.05) is 5.32 Å². The monoisotopic (exact) mass is 639 g/mol. The molecule has 1 saturated carbocycles. The number of rotatable bonds is 13. The van der Waals surface area contributed by atoms with E-state index in [2.05, 4.69) is 44.3 Å². The topological polar surface area (TPSA) is 113 Å². The van der Waals surface area contributed by atoms with Crippen LogP contribution in [-0.2, 0) is 26.2 Å². The summed E-state index contributed by atoms with van der Waals surface area (Å²) < 4.78 is 6.14. The van der Waals surface area contributed by atoms with Crippen molar-refractivity contribution in [3.8, 4) is 11.5 Å². The number of aliphatic carboxylic acids is 2. The van der Waals surface area contributed by atoms with Gasteiger partial charge < -0.3 is 20.3 Å². The number of para-hydroxylation sites is 2. The Morgan fingerprint density at radius 3 is 2.11 bits per heavy atom. The van der Waals surface area contributed by atoms with E-state index in [0.29, 0.717) is 18.8 Å². The molecule has 3 aromatic rings. The predicted molar refractivity (Wildman–Crippen MR) is 184 cm³/mol. The molecule has 7 nitrogen and oxygen atoms in total. The molecule has 3 N–H and O–H groups in total. The Kier molecular flexibility index (Phi) is 11.1. The Morgan fingerprint density at radius 2 is 1.51 bits per heavy atom. The molecular formula is C40H49NO6. The number of benzene rings is 3. The molecule has 250 valence electrons. The van der Waals surface area contributed by atoms with Gasteiger partial charge in [-0.05, 0) is 72.3 Å². The summed E-state index contributed by atoms with van der Waals surface area (Å²) in [5.41, 5.74) is 4.61. The second-order valence-electron chi connectivity index (χ2n) is 14.5. The highest BCUT2D eigenvalue weighted by Crippen LogP contribution is 2.45.